The summed E-state index contributed by atoms with van der Waals surface area (Å²) >= 11 is 3.13. The van der Waals surface area contributed by atoms with Gasteiger partial charge in [0.15, 0.2) is 6.29 Å². The van der Waals surface area contributed by atoms with E-state index >= 15 is 0 Å². The van der Waals surface area contributed by atoms with E-state index in [1.807, 2.05) is 0 Å². The molecule has 0 aliphatic heterocycles. The van der Waals surface area contributed by atoms with Crippen LogP contribution < -0.4 is 0 Å². The molecule has 0 fully saturated rings. The van der Waals surface area contributed by atoms with Crippen molar-refractivity contribution < 1.29 is 9.18 Å². The van der Waals surface area contributed by atoms with Crippen LogP contribution in [0.2, 0.25) is 0 Å². The summed E-state index contributed by atoms with van der Waals surface area (Å²) in [6, 6.07) is 6.17. The van der Waals surface area contributed by atoms with Crippen LogP contribution in [0.3, 0.4) is 0 Å². The van der Waals surface area contributed by atoms with Crippen molar-refractivity contribution >= 4 is 22.2 Å². The van der Waals surface area contributed by atoms with E-state index in [1.165, 1.54) is 6.07 Å². The third kappa shape index (κ3) is 1.70. The molecule has 0 amide bonds. The van der Waals surface area contributed by atoms with Gasteiger partial charge in [0.05, 0.1) is 5.56 Å². The number of carbonyl (C=O) groups excluding carboxylic acids is 1. The van der Waals surface area contributed by atoms with Crippen LogP contribution in [0.4, 0.5) is 4.39 Å². The molecule has 1 aromatic carbocycles. The molecule has 2 aromatic rings. The Balaban J connectivity index is 2.64. The number of rotatable bonds is 2. The Bertz CT molecular complexity index is 510. The van der Waals surface area contributed by atoms with Crippen molar-refractivity contribution in [2.45, 2.75) is 0 Å². The van der Waals surface area contributed by atoms with Crippen molar-refractivity contribution in [1.29, 1.82) is 0 Å². The fraction of sp³-hybridized carbons (Fsp3) is 0. The molecule has 0 bridgehead atoms. The number of H-pyrrole nitrogens is 1. The van der Waals surface area contributed by atoms with E-state index in [9.17, 15) is 9.18 Å². The largest absolute Gasteiger partial charge is 0.298 e. The zero-order valence-electron chi connectivity index (χ0n) is 7.50. The Hall–Kier alpha value is -1.49. The number of carbonyl (C=O) groups is 1. The van der Waals surface area contributed by atoms with E-state index in [-0.39, 0.29) is 0 Å². The first-order valence-electron chi connectivity index (χ1n) is 4.18. The molecule has 0 aliphatic rings. The summed E-state index contributed by atoms with van der Waals surface area (Å²) in [6.45, 7) is 0. The van der Waals surface area contributed by atoms with Crippen LogP contribution in [0.1, 0.15) is 10.4 Å². The van der Waals surface area contributed by atoms with Gasteiger partial charge in [0.1, 0.15) is 16.1 Å². The molecule has 15 heavy (non-hydrogen) atoms. The number of hydrogen-bond acceptors (Lipinski definition) is 2. The molecule has 0 unspecified atom stereocenters. The number of nitrogens with one attached hydrogen (secondary N) is 1. The topological polar surface area (TPSA) is 45.8 Å². The highest BCUT2D eigenvalue weighted by Gasteiger charge is 2.15. The number of nitrogens with zero attached hydrogens (tertiary/aromatic N) is 1. The Morgan fingerprint density at radius 3 is 2.80 bits per heavy atom. The Labute approximate surface area is 93.4 Å². The zero-order valence-corrected chi connectivity index (χ0v) is 9.08. The van der Waals surface area contributed by atoms with Crippen LogP contribution in [0.15, 0.2) is 28.9 Å². The van der Waals surface area contributed by atoms with Gasteiger partial charge in [-0.15, -0.1) is 0 Å². The molecule has 1 heterocycles. The van der Waals surface area contributed by atoms with Gasteiger partial charge in [-0.3, -0.25) is 9.89 Å². The maximum atomic E-state index is 13.4. The third-order valence-corrected chi connectivity index (χ3v) is 2.61. The first-order valence-corrected chi connectivity index (χ1v) is 4.97. The highest BCUT2D eigenvalue weighted by atomic mass is 79.9. The summed E-state index contributed by atoms with van der Waals surface area (Å²) < 4.78 is 13.9. The Kier molecular flexibility index (Phi) is 2.64. The van der Waals surface area contributed by atoms with Gasteiger partial charge in [0.2, 0.25) is 0 Å². The van der Waals surface area contributed by atoms with Crippen molar-refractivity contribution in [3.8, 4) is 11.3 Å². The monoisotopic (exact) mass is 268 g/mol. The van der Waals surface area contributed by atoms with Crippen LogP contribution in [0.5, 0.6) is 0 Å². The molecule has 0 saturated carbocycles. The average molecular weight is 269 g/mol. The minimum atomic E-state index is -0.403. The molecular formula is C10H6BrFN2O. The van der Waals surface area contributed by atoms with Gasteiger partial charge in [-0.25, -0.2) is 4.39 Å². The fourth-order valence-corrected chi connectivity index (χ4v) is 1.67. The van der Waals surface area contributed by atoms with Crippen LogP contribution in [-0.4, -0.2) is 16.5 Å². The summed E-state index contributed by atoms with van der Waals surface area (Å²) in [5, 5.41) is 6.46. The number of aromatic nitrogens is 2. The van der Waals surface area contributed by atoms with Gasteiger partial charge >= 0.3 is 0 Å². The minimum Gasteiger partial charge on any atom is -0.298 e. The van der Waals surface area contributed by atoms with E-state index < -0.39 is 5.82 Å². The van der Waals surface area contributed by atoms with Gasteiger partial charge in [-0.05, 0) is 28.1 Å². The van der Waals surface area contributed by atoms with E-state index in [4.69, 9.17) is 0 Å². The summed E-state index contributed by atoms with van der Waals surface area (Å²) in [5.74, 6) is -0.403. The fourth-order valence-electron chi connectivity index (χ4n) is 1.30. The second-order valence-corrected chi connectivity index (χ2v) is 3.69. The first kappa shape index (κ1) is 10.0. The standard InChI is InChI=1S/C10H6BrFN2O/c11-10-7(5-15)9(13-14-10)6-3-1-2-4-8(6)12/h1-5H,(H,13,14). The van der Waals surface area contributed by atoms with Gasteiger partial charge < -0.3 is 0 Å². The maximum absolute atomic E-state index is 13.4. The van der Waals surface area contributed by atoms with Crippen molar-refractivity contribution in [3.63, 3.8) is 0 Å². The molecule has 2 rings (SSSR count). The molecule has 0 atom stereocenters. The quantitative estimate of drug-likeness (QED) is 0.852. The third-order valence-electron chi connectivity index (χ3n) is 2.00. The summed E-state index contributed by atoms with van der Waals surface area (Å²) in [5.41, 5.74) is 0.941. The van der Waals surface area contributed by atoms with Gasteiger partial charge in [0.25, 0.3) is 0 Å². The molecular weight excluding hydrogens is 263 g/mol. The van der Waals surface area contributed by atoms with Gasteiger partial charge in [-0.2, -0.15) is 5.10 Å². The number of aldehydes is 1. The highest BCUT2D eigenvalue weighted by molar-refractivity contribution is 9.10. The van der Waals surface area contributed by atoms with E-state index in [0.717, 1.165) is 0 Å². The van der Waals surface area contributed by atoms with Gasteiger partial charge in [-0.1, -0.05) is 12.1 Å². The average Bonchev–Trinajstić information content (AvgIpc) is 2.60. The van der Waals surface area contributed by atoms with Crippen LogP contribution >= 0.6 is 15.9 Å². The second kappa shape index (κ2) is 3.94. The lowest BCUT2D eigenvalue weighted by Crippen LogP contribution is -1.88. The lowest BCUT2D eigenvalue weighted by atomic mass is 10.1. The normalized spacial score (nSPS) is 10.3. The number of halogens is 2. The highest BCUT2D eigenvalue weighted by Crippen LogP contribution is 2.27. The van der Waals surface area contributed by atoms with Crippen molar-refractivity contribution in [1.82, 2.24) is 10.2 Å². The van der Waals surface area contributed by atoms with Crippen LogP contribution in [-0.2, 0) is 0 Å². The number of aromatic amines is 1. The lowest BCUT2D eigenvalue weighted by molar-refractivity contribution is 0.112. The van der Waals surface area contributed by atoms with Crippen molar-refractivity contribution in [3.05, 3.63) is 40.2 Å². The van der Waals surface area contributed by atoms with Gasteiger partial charge in [0, 0.05) is 5.56 Å². The number of benzene rings is 1. The van der Waals surface area contributed by atoms with E-state index in [2.05, 4.69) is 26.1 Å². The zero-order chi connectivity index (χ0) is 10.8. The summed E-state index contributed by atoms with van der Waals surface area (Å²) in [4.78, 5) is 10.8. The summed E-state index contributed by atoms with van der Waals surface area (Å²) in [7, 11) is 0. The molecule has 0 radical (unpaired) electrons. The summed E-state index contributed by atoms with van der Waals surface area (Å²) in [6.07, 6.45) is 0.634. The molecule has 1 N–H and O–H groups in total. The smallest absolute Gasteiger partial charge is 0.155 e. The van der Waals surface area contributed by atoms with Crippen molar-refractivity contribution in [2.24, 2.45) is 0 Å². The predicted octanol–water partition coefficient (Wildman–Crippen LogP) is 2.79. The first-order chi connectivity index (χ1) is 7.24. The number of hydrogen-bond donors (Lipinski definition) is 1. The van der Waals surface area contributed by atoms with E-state index in [0.29, 0.717) is 27.7 Å². The minimum absolute atomic E-state index is 0.307. The molecule has 0 saturated heterocycles. The van der Waals surface area contributed by atoms with Crippen LogP contribution in [0, 0.1) is 5.82 Å². The molecule has 76 valence electrons. The molecule has 0 aliphatic carbocycles. The SMILES string of the molecule is O=Cc1c(-c2ccccc2F)n[nH]c1Br. The van der Waals surface area contributed by atoms with Crippen molar-refractivity contribution in [2.75, 3.05) is 0 Å². The lowest BCUT2D eigenvalue weighted by Gasteiger charge is -1.98. The Morgan fingerprint density at radius 2 is 2.13 bits per heavy atom. The van der Waals surface area contributed by atoms with E-state index in [1.54, 1.807) is 18.2 Å². The predicted molar refractivity (Wildman–Crippen MR) is 57.1 cm³/mol. The molecule has 5 heteroatoms. The molecule has 3 nitrogen and oxygen atoms in total. The molecule has 1 aromatic heterocycles. The molecule has 0 spiro atoms. The Morgan fingerprint density at radius 1 is 1.40 bits per heavy atom. The van der Waals surface area contributed by atoms with Crippen LogP contribution in [0.25, 0.3) is 11.3 Å². The second-order valence-electron chi connectivity index (χ2n) is 2.90. The maximum Gasteiger partial charge on any atom is 0.155 e.